The Balaban J connectivity index is 0.804. The van der Waals surface area contributed by atoms with Crippen LogP contribution in [0.1, 0.15) is 40.5 Å². The van der Waals surface area contributed by atoms with E-state index in [2.05, 4.69) is 286 Å². The van der Waals surface area contributed by atoms with Gasteiger partial charge in [0, 0.05) is 144 Å². The van der Waals surface area contributed by atoms with Crippen molar-refractivity contribution < 1.29 is 0 Å². The number of aryl methyl sites for hydroxylation is 4. The Kier molecular flexibility index (Phi) is 11.3. The molecule has 9 aromatic carbocycles. The second kappa shape index (κ2) is 18.9. The minimum Gasteiger partial charge on any atom is -0.344 e. The molecule has 0 unspecified atom stereocenters. The first kappa shape index (κ1) is 47.7. The summed E-state index contributed by atoms with van der Waals surface area (Å²) in [4.78, 5) is 4.88. The molecule has 0 aliphatic heterocycles. The van der Waals surface area contributed by atoms with Crippen molar-refractivity contribution in [2.45, 2.75) is 66.7 Å². The molecule has 0 fully saturated rings. The molecular weight excluding hydrogens is 975 g/mol. The first-order chi connectivity index (χ1) is 39.4. The van der Waals surface area contributed by atoms with Gasteiger partial charge in [-0.15, -0.1) is 0 Å². The van der Waals surface area contributed by atoms with Crippen molar-refractivity contribution in [3.05, 3.63) is 217 Å². The monoisotopic (exact) mass is 1040 g/mol. The summed E-state index contributed by atoms with van der Waals surface area (Å²) in [7, 11) is 2.20. The summed E-state index contributed by atoms with van der Waals surface area (Å²) in [5.41, 5.74) is 20.2. The molecule has 0 radical (unpaired) electrons. The summed E-state index contributed by atoms with van der Waals surface area (Å²) in [6, 6.07) is 77.4. The van der Waals surface area contributed by atoms with Crippen molar-refractivity contribution in [1.29, 1.82) is 0 Å². The normalized spacial score (nSPS) is 12.6. The number of nitrogens with zero attached hydrogens (tertiary/aromatic N) is 7. The summed E-state index contributed by atoms with van der Waals surface area (Å²) < 4.78 is 12.2. The van der Waals surface area contributed by atoms with Crippen LogP contribution in [0.2, 0.25) is 0 Å². The Hall–Kier alpha value is -9.46. The minimum absolute atomic E-state index is 0.889. The molecule has 0 bridgehead atoms. The molecular formula is C73H63N7. The van der Waals surface area contributed by atoms with Gasteiger partial charge in [0.1, 0.15) is 0 Å². The quantitative estimate of drug-likeness (QED) is 0.122. The van der Waals surface area contributed by atoms with Gasteiger partial charge in [-0.25, -0.2) is 0 Å². The molecule has 0 saturated heterocycles. The van der Waals surface area contributed by atoms with E-state index in [0.717, 1.165) is 90.1 Å². The van der Waals surface area contributed by atoms with E-state index in [0.29, 0.717) is 0 Å². The smallest absolute Gasteiger partial charge is 0.0512 e. The molecule has 0 saturated carbocycles. The van der Waals surface area contributed by atoms with Crippen molar-refractivity contribution in [2.24, 2.45) is 7.05 Å². The van der Waals surface area contributed by atoms with Crippen LogP contribution in [0.3, 0.4) is 0 Å². The molecule has 1 aliphatic carbocycles. The first-order valence-electron chi connectivity index (χ1n) is 28.7. The topological polar surface area (TPSA) is 31.1 Å². The number of fused-ring (bicyclic) bond motifs is 12. The molecule has 1 aliphatic rings. The number of anilines is 6. The SMILES string of the molecule is CCn1c2c(c3ccc(N(c4ccc(-c5ccc(-c6ccc(N(c7ccc8c9ccccc9n(CC)c8c7)c7ccc8c9ccccc9n(CC)c8c7)cc6)n5C)cc4)c4ccc5c6ccccc6n(CC)c5c4)cc31)=CCCC=2. The van der Waals surface area contributed by atoms with E-state index in [1.54, 1.807) is 0 Å². The van der Waals surface area contributed by atoms with Gasteiger partial charge in [-0.05, 0) is 155 Å². The van der Waals surface area contributed by atoms with E-state index in [4.69, 9.17) is 0 Å². The fraction of sp³-hybridized carbons (Fsp3) is 0.151. The maximum atomic E-state index is 2.50. The predicted octanol–water partition coefficient (Wildman–Crippen LogP) is 18.0. The van der Waals surface area contributed by atoms with Gasteiger partial charge in [0.05, 0.1) is 22.1 Å². The Morgan fingerprint density at radius 2 is 0.637 bits per heavy atom. The van der Waals surface area contributed by atoms with Crippen molar-refractivity contribution in [1.82, 2.24) is 22.8 Å². The standard InChI is InChI=1S/C73H63N7/c1-6-75-66-22-14-10-18-56(66)60-38-34-52(44-70(60)75)79(53-35-39-61-57-19-11-15-23-67(57)76(7-2)71(61)45-53)50-30-26-48(27-31-50)64-42-43-65(74(64)5)49-28-32-51(33-29-49)80(54-36-40-62-58-20-12-16-24-68(58)77(8-3)72(62)46-54)55-37-41-63-59-21-13-17-25-69(59)78(9-4)73(63)47-55/h10-12,14-16,18-47H,6-9,13,17H2,1-5H3. The van der Waals surface area contributed by atoms with Gasteiger partial charge in [-0.1, -0.05) is 115 Å². The maximum absolute atomic E-state index is 2.50. The van der Waals surface area contributed by atoms with Crippen LogP contribution >= 0.6 is 0 Å². The van der Waals surface area contributed by atoms with Crippen LogP contribution in [0.15, 0.2) is 206 Å². The summed E-state index contributed by atoms with van der Waals surface area (Å²) in [6.45, 7) is 12.6. The second-order valence-corrected chi connectivity index (χ2v) is 21.5. The van der Waals surface area contributed by atoms with Crippen molar-refractivity contribution in [3.8, 4) is 22.5 Å². The third-order valence-corrected chi connectivity index (χ3v) is 17.5. The van der Waals surface area contributed by atoms with E-state index in [1.165, 1.54) is 92.5 Å². The zero-order valence-electron chi connectivity index (χ0n) is 46.2. The number of para-hydroxylation sites is 3. The number of hydrogen-bond acceptors (Lipinski definition) is 2. The fourth-order valence-corrected chi connectivity index (χ4v) is 13.8. The van der Waals surface area contributed by atoms with Crippen LogP contribution in [0.25, 0.3) is 111 Å². The highest BCUT2D eigenvalue weighted by Gasteiger charge is 2.22. The molecule has 7 heteroatoms. The Morgan fingerprint density at radius 1 is 0.312 bits per heavy atom. The molecule has 15 rings (SSSR count). The van der Waals surface area contributed by atoms with Crippen LogP contribution in [0.5, 0.6) is 0 Å². The van der Waals surface area contributed by atoms with E-state index >= 15 is 0 Å². The average molecular weight is 1040 g/mol. The van der Waals surface area contributed by atoms with Crippen LogP contribution in [0.4, 0.5) is 34.1 Å². The highest BCUT2D eigenvalue weighted by atomic mass is 15.2. The lowest BCUT2D eigenvalue weighted by molar-refractivity contribution is 0.766. The van der Waals surface area contributed by atoms with Gasteiger partial charge in [0.25, 0.3) is 0 Å². The molecule has 0 atom stereocenters. The molecule has 80 heavy (non-hydrogen) atoms. The molecule has 390 valence electrons. The van der Waals surface area contributed by atoms with Crippen molar-refractivity contribution >= 4 is 123 Å². The molecule has 0 N–H and O–H groups in total. The number of benzene rings is 9. The van der Waals surface area contributed by atoms with Crippen molar-refractivity contribution in [3.63, 3.8) is 0 Å². The lowest BCUT2D eigenvalue weighted by atomic mass is 10.1. The highest BCUT2D eigenvalue weighted by molar-refractivity contribution is 6.12. The van der Waals surface area contributed by atoms with Gasteiger partial charge in [0.15, 0.2) is 0 Å². The maximum Gasteiger partial charge on any atom is 0.0512 e. The van der Waals surface area contributed by atoms with E-state index in [1.807, 2.05) is 0 Å². The zero-order chi connectivity index (χ0) is 53.8. The van der Waals surface area contributed by atoms with E-state index in [-0.39, 0.29) is 0 Å². The zero-order valence-corrected chi connectivity index (χ0v) is 46.2. The van der Waals surface area contributed by atoms with Crippen LogP contribution in [-0.4, -0.2) is 22.8 Å². The Bertz CT molecular complexity index is 4780. The third-order valence-electron chi connectivity index (χ3n) is 17.5. The number of hydrogen-bond donors (Lipinski definition) is 0. The molecule has 7 nitrogen and oxygen atoms in total. The molecule has 5 aromatic heterocycles. The van der Waals surface area contributed by atoms with E-state index in [9.17, 15) is 0 Å². The van der Waals surface area contributed by atoms with Crippen LogP contribution in [-0.2, 0) is 33.2 Å². The molecule has 14 aromatic rings. The van der Waals surface area contributed by atoms with Gasteiger partial charge in [-0.2, -0.15) is 0 Å². The summed E-state index contributed by atoms with van der Waals surface area (Å²) >= 11 is 0. The van der Waals surface area contributed by atoms with Crippen LogP contribution < -0.4 is 20.4 Å². The van der Waals surface area contributed by atoms with Crippen molar-refractivity contribution in [2.75, 3.05) is 9.80 Å². The Morgan fingerprint density at radius 3 is 1.02 bits per heavy atom. The summed E-state index contributed by atoms with van der Waals surface area (Å²) in [5, 5.41) is 11.8. The van der Waals surface area contributed by atoms with Gasteiger partial charge in [-0.3, -0.25) is 0 Å². The third kappa shape index (κ3) is 7.26. The number of aromatic nitrogens is 5. The van der Waals surface area contributed by atoms with Crippen LogP contribution in [0, 0.1) is 0 Å². The highest BCUT2D eigenvalue weighted by Crippen LogP contribution is 2.44. The lowest BCUT2D eigenvalue weighted by Gasteiger charge is -2.26. The van der Waals surface area contributed by atoms with E-state index < -0.39 is 0 Å². The van der Waals surface area contributed by atoms with Gasteiger partial charge < -0.3 is 32.6 Å². The predicted molar refractivity (Wildman–Crippen MR) is 340 cm³/mol. The minimum atomic E-state index is 0.889. The molecule has 0 spiro atoms. The second-order valence-electron chi connectivity index (χ2n) is 21.5. The summed E-state index contributed by atoms with van der Waals surface area (Å²) in [5.74, 6) is 0. The summed E-state index contributed by atoms with van der Waals surface area (Å²) in [6.07, 6.45) is 7.03. The molecule has 5 heterocycles. The Labute approximate surface area is 466 Å². The van der Waals surface area contributed by atoms with Gasteiger partial charge in [0.2, 0.25) is 0 Å². The first-order valence-corrected chi connectivity index (χ1v) is 28.7. The lowest BCUT2D eigenvalue weighted by Crippen LogP contribution is -2.30. The molecule has 0 amide bonds. The largest absolute Gasteiger partial charge is 0.344 e. The number of rotatable bonds is 12. The van der Waals surface area contributed by atoms with Gasteiger partial charge >= 0.3 is 0 Å². The average Bonchev–Trinajstić information content (AvgIpc) is 4.38. The fourth-order valence-electron chi connectivity index (χ4n) is 13.8.